The maximum Gasteiger partial charge on any atom is 0.331 e. The number of hydrogen-bond acceptors (Lipinski definition) is 4. The third-order valence-electron chi connectivity index (χ3n) is 9.60. The first kappa shape index (κ1) is 35.7. The zero-order chi connectivity index (χ0) is 31.5. The van der Waals surface area contributed by atoms with Crippen LogP contribution in [-0.4, -0.2) is 12.6 Å². The van der Waals surface area contributed by atoms with Crippen molar-refractivity contribution in [3.63, 3.8) is 0 Å². The maximum absolute atomic E-state index is 13.2. The number of carbonyl (C=O) groups excluding carboxylic acids is 1. The number of nitriles is 1. The van der Waals surface area contributed by atoms with Crippen molar-refractivity contribution in [1.82, 2.24) is 0 Å². The molecule has 3 rings (SSSR count). The van der Waals surface area contributed by atoms with Gasteiger partial charge in [-0.25, -0.2) is 4.79 Å². The van der Waals surface area contributed by atoms with Gasteiger partial charge in [-0.2, -0.15) is 5.26 Å². The Balaban J connectivity index is 1.39. The molecule has 0 amide bonds. The normalized spacial score (nSPS) is 17.9. The number of hydrogen-bond donors (Lipinski definition) is 0. The first-order chi connectivity index (χ1) is 21.5. The molecule has 2 aromatic carbocycles. The second kappa shape index (κ2) is 20.3. The summed E-state index contributed by atoms with van der Waals surface area (Å²) < 4.78 is 11.7. The summed E-state index contributed by atoms with van der Waals surface area (Å²) >= 11 is 0. The molecule has 1 aliphatic carbocycles. The molecule has 0 spiro atoms. The molecule has 242 valence electrons. The molecule has 0 saturated heterocycles. The zero-order valence-electron chi connectivity index (χ0n) is 28.1. The summed E-state index contributed by atoms with van der Waals surface area (Å²) in [6.45, 7) is 7.03. The van der Waals surface area contributed by atoms with E-state index in [1.165, 1.54) is 96.3 Å². The smallest absolute Gasteiger partial charge is 0.331 e. The number of rotatable bonds is 21. The van der Waals surface area contributed by atoms with Crippen LogP contribution in [0.15, 0.2) is 48.5 Å². The second-order valence-electron chi connectivity index (χ2n) is 13.5. The number of carbonyl (C=O) groups is 1. The molecule has 4 heteroatoms. The fourth-order valence-electron chi connectivity index (χ4n) is 6.62. The fourth-order valence-corrected chi connectivity index (χ4v) is 6.62. The van der Waals surface area contributed by atoms with Gasteiger partial charge in [0, 0.05) is 0 Å². The van der Waals surface area contributed by atoms with Crippen LogP contribution in [0.1, 0.15) is 143 Å². The molecular weight excluding hydrogens is 542 g/mol. The molecule has 2 aromatic rings. The Kier molecular flexibility index (Phi) is 16.4. The summed E-state index contributed by atoms with van der Waals surface area (Å²) in [5.41, 5.74) is 1.01. The van der Waals surface area contributed by atoms with E-state index in [9.17, 15) is 10.1 Å². The van der Waals surface area contributed by atoms with Crippen molar-refractivity contribution < 1.29 is 14.3 Å². The Labute approximate surface area is 268 Å². The minimum Gasteiger partial charge on any atom is -0.494 e. The minimum atomic E-state index is -1.12. The molecular formula is C40H59NO3. The third kappa shape index (κ3) is 12.7. The molecule has 0 bridgehead atoms. The van der Waals surface area contributed by atoms with Gasteiger partial charge in [0.05, 0.1) is 12.7 Å². The minimum absolute atomic E-state index is 0.415. The van der Waals surface area contributed by atoms with Gasteiger partial charge in [0.15, 0.2) is 5.41 Å². The van der Waals surface area contributed by atoms with Crippen LogP contribution in [0.4, 0.5) is 0 Å². The molecule has 44 heavy (non-hydrogen) atoms. The van der Waals surface area contributed by atoms with Gasteiger partial charge >= 0.3 is 5.97 Å². The molecule has 1 aliphatic rings. The van der Waals surface area contributed by atoms with E-state index in [0.29, 0.717) is 18.1 Å². The fraction of sp³-hybridized carbons (Fsp3) is 0.650. The highest BCUT2D eigenvalue weighted by Crippen LogP contribution is 2.39. The molecule has 1 atom stereocenters. The van der Waals surface area contributed by atoms with Gasteiger partial charge in [-0.1, -0.05) is 147 Å². The van der Waals surface area contributed by atoms with Gasteiger partial charge in [-0.3, -0.25) is 0 Å². The molecule has 1 unspecified atom stereocenters. The number of benzene rings is 2. The summed E-state index contributed by atoms with van der Waals surface area (Å²) in [6, 6.07) is 18.1. The maximum atomic E-state index is 13.2. The lowest BCUT2D eigenvalue weighted by atomic mass is 9.72. The standard InChI is InChI=1S/C40H59NO3/c1-4-6-8-10-11-12-14-16-30-43-37-26-22-35(23-27-37)36-24-28-38(29-25-36)44-39(42)40(3,32-41)31-34-20-18-33(19-21-34)17-15-13-9-7-5-2/h22-29,33-34H,4-21,30-31H2,1-3H3. The van der Waals surface area contributed by atoms with Gasteiger partial charge in [-0.15, -0.1) is 0 Å². The Bertz CT molecular complexity index is 1090. The Morgan fingerprint density at radius 3 is 1.73 bits per heavy atom. The Morgan fingerprint density at radius 1 is 0.705 bits per heavy atom. The number of ether oxygens (including phenoxy) is 2. The molecule has 4 nitrogen and oxygen atoms in total. The van der Waals surface area contributed by atoms with Crippen LogP contribution in [0.3, 0.4) is 0 Å². The molecule has 0 heterocycles. The largest absolute Gasteiger partial charge is 0.494 e. The highest BCUT2D eigenvalue weighted by atomic mass is 16.5. The van der Waals surface area contributed by atoms with Crippen LogP contribution >= 0.6 is 0 Å². The summed E-state index contributed by atoms with van der Waals surface area (Å²) in [6.07, 6.45) is 23.6. The van der Waals surface area contributed by atoms with Gasteiger partial charge in [0.25, 0.3) is 0 Å². The van der Waals surface area contributed by atoms with E-state index >= 15 is 0 Å². The highest BCUT2D eigenvalue weighted by molar-refractivity contribution is 5.82. The average Bonchev–Trinajstić information content (AvgIpc) is 3.05. The quantitative estimate of drug-likeness (QED) is 0.0811. The number of unbranched alkanes of at least 4 members (excludes halogenated alkanes) is 11. The van der Waals surface area contributed by atoms with E-state index in [4.69, 9.17) is 9.47 Å². The lowest BCUT2D eigenvalue weighted by molar-refractivity contribution is -0.142. The van der Waals surface area contributed by atoms with Crippen molar-refractivity contribution in [3.8, 4) is 28.7 Å². The Morgan fingerprint density at radius 2 is 1.18 bits per heavy atom. The van der Waals surface area contributed by atoms with E-state index in [2.05, 4.69) is 32.0 Å². The van der Waals surface area contributed by atoms with Crippen LogP contribution in [0.5, 0.6) is 11.5 Å². The monoisotopic (exact) mass is 601 g/mol. The summed E-state index contributed by atoms with van der Waals surface area (Å²) in [5.74, 6) is 2.17. The van der Waals surface area contributed by atoms with Crippen LogP contribution in [0, 0.1) is 28.6 Å². The van der Waals surface area contributed by atoms with Crippen molar-refractivity contribution in [2.75, 3.05) is 6.61 Å². The Hall–Kier alpha value is -2.80. The van der Waals surface area contributed by atoms with E-state index in [1.807, 2.05) is 36.4 Å². The SMILES string of the molecule is CCCCCCCCCCOc1ccc(-c2ccc(OC(=O)C(C)(C#N)CC3CCC(CCCCCCC)CC3)cc2)cc1. The molecule has 0 radical (unpaired) electrons. The number of esters is 1. The van der Waals surface area contributed by atoms with E-state index in [0.717, 1.165) is 48.7 Å². The zero-order valence-corrected chi connectivity index (χ0v) is 28.1. The predicted octanol–water partition coefficient (Wildman–Crippen LogP) is 11.9. The average molecular weight is 602 g/mol. The molecule has 1 fully saturated rings. The van der Waals surface area contributed by atoms with Crippen LogP contribution < -0.4 is 9.47 Å². The topological polar surface area (TPSA) is 59.3 Å². The van der Waals surface area contributed by atoms with E-state index in [-0.39, 0.29) is 0 Å². The van der Waals surface area contributed by atoms with Gasteiger partial charge < -0.3 is 9.47 Å². The van der Waals surface area contributed by atoms with Crippen molar-refractivity contribution in [2.24, 2.45) is 17.3 Å². The first-order valence-electron chi connectivity index (χ1n) is 17.9. The summed E-state index contributed by atoms with van der Waals surface area (Å²) in [7, 11) is 0. The van der Waals surface area contributed by atoms with Crippen molar-refractivity contribution >= 4 is 5.97 Å². The molecule has 1 saturated carbocycles. The molecule has 0 N–H and O–H groups in total. The lowest BCUT2D eigenvalue weighted by Gasteiger charge is -2.32. The summed E-state index contributed by atoms with van der Waals surface area (Å²) in [5, 5.41) is 9.99. The first-order valence-corrected chi connectivity index (χ1v) is 17.9. The van der Waals surface area contributed by atoms with E-state index < -0.39 is 11.4 Å². The van der Waals surface area contributed by atoms with Crippen molar-refractivity contribution in [1.29, 1.82) is 5.26 Å². The van der Waals surface area contributed by atoms with Crippen LogP contribution in [0.2, 0.25) is 0 Å². The third-order valence-corrected chi connectivity index (χ3v) is 9.60. The van der Waals surface area contributed by atoms with Crippen LogP contribution in [-0.2, 0) is 4.79 Å². The second-order valence-corrected chi connectivity index (χ2v) is 13.5. The highest BCUT2D eigenvalue weighted by Gasteiger charge is 2.39. The van der Waals surface area contributed by atoms with Gasteiger partial charge in [0.1, 0.15) is 11.5 Å². The summed E-state index contributed by atoms with van der Waals surface area (Å²) in [4.78, 5) is 13.2. The number of nitrogens with zero attached hydrogens (tertiary/aromatic N) is 1. The van der Waals surface area contributed by atoms with Gasteiger partial charge in [-0.05, 0) is 67.0 Å². The van der Waals surface area contributed by atoms with E-state index in [1.54, 1.807) is 6.92 Å². The molecule has 0 aliphatic heterocycles. The molecule has 0 aromatic heterocycles. The van der Waals surface area contributed by atoms with Crippen molar-refractivity contribution in [3.05, 3.63) is 48.5 Å². The lowest BCUT2D eigenvalue weighted by Crippen LogP contribution is -2.33. The van der Waals surface area contributed by atoms with Gasteiger partial charge in [0.2, 0.25) is 0 Å². The van der Waals surface area contributed by atoms with Crippen LogP contribution in [0.25, 0.3) is 11.1 Å². The van der Waals surface area contributed by atoms with Crippen molar-refractivity contribution in [2.45, 2.75) is 143 Å². The predicted molar refractivity (Wildman–Crippen MR) is 183 cm³/mol.